The molecular formula is C23H28N2O4. The van der Waals surface area contributed by atoms with Crippen molar-refractivity contribution in [1.29, 1.82) is 0 Å². The van der Waals surface area contributed by atoms with Crippen LogP contribution in [-0.2, 0) is 17.8 Å². The highest BCUT2D eigenvalue weighted by Gasteiger charge is 2.11. The number of nitrogens with zero attached hydrogens (tertiary/aromatic N) is 1. The molecule has 0 radical (unpaired) electrons. The molecule has 0 aliphatic rings. The zero-order valence-corrected chi connectivity index (χ0v) is 16.8. The molecule has 1 aromatic heterocycles. The molecule has 1 heterocycles. The second kappa shape index (κ2) is 10.8. The number of pyridine rings is 1. The number of hydrogen-bond donors (Lipinski definition) is 2. The van der Waals surface area contributed by atoms with Crippen molar-refractivity contribution in [2.45, 2.75) is 26.4 Å². The summed E-state index contributed by atoms with van der Waals surface area (Å²) in [5.41, 5.74) is 1.48. The fourth-order valence-corrected chi connectivity index (χ4v) is 3.18. The summed E-state index contributed by atoms with van der Waals surface area (Å²) >= 11 is 0. The van der Waals surface area contributed by atoms with E-state index in [0.717, 1.165) is 16.7 Å². The van der Waals surface area contributed by atoms with Gasteiger partial charge in [-0.2, -0.15) is 0 Å². The zero-order valence-electron chi connectivity index (χ0n) is 16.8. The van der Waals surface area contributed by atoms with Gasteiger partial charge in [0.05, 0.1) is 12.1 Å². The maximum absolute atomic E-state index is 13.1. The number of fused-ring (bicyclic) bond motifs is 1. The van der Waals surface area contributed by atoms with Gasteiger partial charge in [-0.05, 0) is 55.6 Å². The molecule has 6 heteroatoms. The minimum Gasteiger partial charge on any atom is -0.457 e. The summed E-state index contributed by atoms with van der Waals surface area (Å²) in [4.78, 5) is 13.1. The van der Waals surface area contributed by atoms with Gasteiger partial charge in [0.1, 0.15) is 11.5 Å². The van der Waals surface area contributed by atoms with E-state index in [-0.39, 0.29) is 12.2 Å². The van der Waals surface area contributed by atoms with Crippen LogP contribution in [0.2, 0.25) is 0 Å². The fraction of sp³-hybridized carbons (Fsp3) is 0.348. The Hall–Kier alpha value is -2.67. The second-order valence-electron chi connectivity index (χ2n) is 6.71. The Kier molecular flexibility index (Phi) is 7.81. The molecule has 0 spiro atoms. The molecule has 2 N–H and O–H groups in total. The van der Waals surface area contributed by atoms with Crippen LogP contribution in [-0.4, -0.2) is 36.0 Å². The molecule has 0 saturated heterocycles. The molecule has 3 rings (SSSR count). The van der Waals surface area contributed by atoms with Crippen molar-refractivity contribution in [3.63, 3.8) is 0 Å². The Morgan fingerprint density at radius 1 is 1.07 bits per heavy atom. The van der Waals surface area contributed by atoms with Gasteiger partial charge in [0, 0.05) is 37.9 Å². The van der Waals surface area contributed by atoms with E-state index < -0.39 is 0 Å². The van der Waals surface area contributed by atoms with Crippen LogP contribution in [0, 0.1) is 0 Å². The predicted octanol–water partition coefficient (Wildman–Crippen LogP) is 3.30. The number of aliphatic hydroxyl groups is 1. The molecule has 0 amide bonds. The molecule has 0 saturated carbocycles. The number of para-hydroxylation sites is 1. The normalized spacial score (nSPS) is 11.1. The largest absolute Gasteiger partial charge is 0.457 e. The lowest BCUT2D eigenvalue weighted by atomic mass is 10.1. The third-order valence-electron chi connectivity index (χ3n) is 4.61. The Labute approximate surface area is 170 Å². The van der Waals surface area contributed by atoms with E-state index in [2.05, 4.69) is 5.32 Å². The molecule has 0 unspecified atom stereocenters. The van der Waals surface area contributed by atoms with Crippen molar-refractivity contribution in [2.75, 3.05) is 26.4 Å². The summed E-state index contributed by atoms with van der Waals surface area (Å²) in [6, 6.07) is 17.3. The first-order valence-corrected chi connectivity index (χ1v) is 10.0. The molecular weight excluding hydrogens is 368 g/mol. The number of nitrogens with one attached hydrogen (secondary N) is 1. The predicted molar refractivity (Wildman–Crippen MR) is 115 cm³/mol. The van der Waals surface area contributed by atoms with Crippen molar-refractivity contribution >= 4 is 10.9 Å². The van der Waals surface area contributed by atoms with E-state index in [1.54, 1.807) is 4.57 Å². The lowest BCUT2D eigenvalue weighted by Gasteiger charge is -2.15. The number of ether oxygens (including phenoxy) is 2. The third-order valence-corrected chi connectivity index (χ3v) is 4.61. The van der Waals surface area contributed by atoms with Crippen molar-refractivity contribution < 1.29 is 14.6 Å². The van der Waals surface area contributed by atoms with Crippen LogP contribution in [0.25, 0.3) is 10.9 Å². The smallest absolute Gasteiger partial charge is 0.255 e. The first-order valence-electron chi connectivity index (χ1n) is 10.0. The van der Waals surface area contributed by atoms with E-state index in [1.165, 1.54) is 0 Å². The van der Waals surface area contributed by atoms with Gasteiger partial charge < -0.3 is 24.5 Å². The standard InChI is InChI=1S/C23H28N2O4/c1-2-28-14-12-25-22-16-21(29-20-7-4-3-5-8-20)10-9-18(22)15-19(23(25)27)17-24-11-6-13-26/h3-5,7-10,15-16,24,26H,2,6,11-14,17H2,1H3. The molecule has 0 aliphatic carbocycles. The number of aromatic nitrogens is 1. The summed E-state index contributed by atoms with van der Waals surface area (Å²) in [5, 5.41) is 13.1. The minimum absolute atomic E-state index is 0.0365. The molecule has 0 aliphatic heterocycles. The molecule has 0 fully saturated rings. The van der Waals surface area contributed by atoms with E-state index >= 15 is 0 Å². The summed E-state index contributed by atoms with van der Waals surface area (Å²) < 4.78 is 13.2. The van der Waals surface area contributed by atoms with Crippen molar-refractivity contribution in [1.82, 2.24) is 9.88 Å². The second-order valence-corrected chi connectivity index (χ2v) is 6.71. The van der Waals surface area contributed by atoms with Gasteiger partial charge in [-0.25, -0.2) is 0 Å². The van der Waals surface area contributed by atoms with Crippen LogP contribution in [0.4, 0.5) is 0 Å². The Morgan fingerprint density at radius 2 is 1.90 bits per heavy atom. The van der Waals surface area contributed by atoms with Gasteiger partial charge >= 0.3 is 0 Å². The molecule has 154 valence electrons. The first-order chi connectivity index (χ1) is 14.2. The summed E-state index contributed by atoms with van der Waals surface area (Å²) in [6.45, 7) is 4.75. The van der Waals surface area contributed by atoms with Crippen molar-refractivity contribution in [3.05, 3.63) is 70.5 Å². The van der Waals surface area contributed by atoms with Crippen LogP contribution in [0.15, 0.2) is 59.4 Å². The Morgan fingerprint density at radius 3 is 2.66 bits per heavy atom. The maximum atomic E-state index is 13.1. The van der Waals surface area contributed by atoms with Gasteiger partial charge in [-0.3, -0.25) is 4.79 Å². The van der Waals surface area contributed by atoms with Crippen molar-refractivity contribution in [3.8, 4) is 11.5 Å². The molecule has 6 nitrogen and oxygen atoms in total. The molecule has 29 heavy (non-hydrogen) atoms. The van der Waals surface area contributed by atoms with Crippen molar-refractivity contribution in [2.24, 2.45) is 0 Å². The van der Waals surface area contributed by atoms with E-state index in [4.69, 9.17) is 14.6 Å². The van der Waals surface area contributed by atoms with E-state index in [0.29, 0.717) is 50.6 Å². The number of benzene rings is 2. The number of aliphatic hydroxyl groups excluding tert-OH is 1. The third kappa shape index (κ3) is 5.67. The zero-order chi connectivity index (χ0) is 20.5. The molecule has 0 atom stereocenters. The molecule has 0 bridgehead atoms. The highest BCUT2D eigenvalue weighted by atomic mass is 16.5. The average molecular weight is 396 g/mol. The van der Waals surface area contributed by atoms with Gasteiger partial charge in [0.2, 0.25) is 0 Å². The van der Waals surface area contributed by atoms with E-state index in [9.17, 15) is 4.79 Å². The minimum atomic E-state index is -0.0365. The quantitative estimate of drug-likeness (QED) is 0.487. The maximum Gasteiger partial charge on any atom is 0.255 e. The Bertz CT molecular complexity index is 970. The van der Waals surface area contributed by atoms with Crippen LogP contribution in [0.3, 0.4) is 0 Å². The number of rotatable bonds is 11. The number of hydrogen-bond acceptors (Lipinski definition) is 5. The van der Waals surface area contributed by atoms with Gasteiger partial charge in [0.25, 0.3) is 5.56 Å². The van der Waals surface area contributed by atoms with Crippen LogP contribution >= 0.6 is 0 Å². The molecule has 3 aromatic rings. The SMILES string of the molecule is CCOCCn1c(=O)c(CNCCCO)cc2ccc(Oc3ccccc3)cc21. The van der Waals surface area contributed by atoms with Crippen LogP contribution < -0.4 is 15.6 Å². The summed E-state index contributed by atoms with van der Waals surface area (Å²) in [7, 11) is 0. The lowest BCUT2D eigenvalue weighted by molar-refractivity contribution is 0.139. The summed E-state index contributed by atoms with van der Waals surface area (Å²) in [5.74, 6) is 1.43. The van der Waals surface area contributed by atoms with Gasteiger partial charge in [-0.15, -0.1) is 0 Å². The highest BCUT2D eigenvalue weighted by molar-refractivity contribution is 5.81. The monoisotopic (exact) mass is 396 g/mol. The highest BCUT2D eigenvalue weighted by Crippen LogP contribution is 2.25. The summed E-state index contributed by atoms with van der Waals surface area (Å²) in [6.07, 6.45) is 0.659. The first kappa shape index (κ1) is 21.0. The Balaban J connectivity index is 1.94. The fourth-order valence-electron chi connectivity index (χ4n) is 3.18. The van der Waals surface area contributed by atoms with Crippen LogP contribution in [0.5, 0.6) is 11.5 Å². The van der Waals surface area contributed by atoms with Gasteiger partial charge in [-0.1, -0.05) is 18.2 Å². The van der Waals surface area contributed by atoms with Crippen LogP contribution in [0.1, 0.15) is 18.9 Å². The average Bonchev–Trinajstić information content (AvgIpc) is 2.74. The topological polar surface area (TPSA) is 72.7 Å². The van der Waals surface area contributed by atoms with Gasteiger partial charge in [0.15, 0.2) is 0 Å². The molecule has 2 aromatic carbocycles. The lowest BCUT2D eigenvalue weighted by Crippen LogP contribution is -2.29. The van der Waals surface area contributed by atoms with E-state index in [1.807, 2.05) is 61.5 Å².